The third-order valence-corrected chi connectivity index (χ3v) is 9.00. The zero-order valence-corrected chi connectivity index (χ0v) is 13.1. The van der Waals surface area contributed by atoms with Crippen LogP contribution in [0.15, 0.2) is 24.3 Å². The van der Waals surface area contributed by atoms with Gasteiger partial charge in [-0.3, -0.25) is 0 Å². The molecule has 0 N–H and O–H groups in total. The molecule has 4 heteroatoms. The number of benzene rings is 1. The lowest BCUT2D eigenvalue weighted by Gasteiger charge is -2.29. The van der Waals surface area contributed by atoms with Crippen molar-refractivity contribution in [1.82, 2.24) is 0 Å². The largest absolute Gasteiger partial charge is 0.416 e. The molecule has 0 saturated heterocycles. The van der Waals surface area contributed by atoms with E-state index < -0.39 is 16.6 Å². The molecule has 16 heavy (non-hydrogen) atoms. The van der Waals surface area contributed by atoms with Gasteiger partial charge >= 0.3 is 0 Å². The van der Waals surface area contributed by atoms with E-state index >= 15 is 0 Å². The fourth-order valence-corrected chi connectivity index (χ4v) is 6.46. The van der Waals surface area contributed by atoms with Gasteiger partial charge in [-0.05, 0) is 36.6 Å². The van der Waals surface area contributed by atoms with Crippen molar-refractivity contribution < 1.29 is 8.85 Å². The van der Waals surface area contributed by atoms with Crippen LogP contribution >= 0.6 is 0 Å². The summed E-state index contributed by atoms with van der Waals surface area (Å²) < 4.78 is 11.4. The molecular weight excluding hydrogens is 232 g/mol. The summed E-state index contributed by atoms with van der Waals surface area (Å²) >= 11 is 0. The Hall–Kier alpha value is -0.426. The summed E-state index contributed by atoms with van der Waals surface area (Å²) in [5.74, 6) is 0. The molecule has 0 heterocycles. The fourth-order valence-electron chi connectivity index (χ4n) is 1.75. The van der Waals surface area contributed by atoms with E-state index in [1.165, 1.54) is 10.4 Å². The topological polar surface area (TPSA) is 18.5 Å². The van der Waals surface area contributed by atoms with E-state index in [4.69, 9.17) is 8.85 Å². The van der Waals surface area contributed by atoms with E-state index in [2.05, 4.69) is 50.5 Å². The molecule has 0 aliphatic carbocycles. The third kappa shape index (κ3) is 2.63. The van der Waals surface area contributed by atoms with Crippen LogP contribution in [-0.2, 0) is 8.85 Å². The van der Waals surface area contributed by atoms with Crippen molar-refractivity contribution in [1.29, 1.82) is 0 Å². The predicted molar refractivity (Wildman–Crippen MR) is 74.7 cm³/mol. The second-order valence-electron chi connectivity index (χ2n) is 4.97. The zero-order valence-electron chi connectivity index (χ0n) is 11.1. The van der Waals surface area contributed by atoms with Gasteiger partial charge in [0, 0.05) is 14.2 Å². The van der Waals surface area contributed by atoms with Gasteiger partial charge in [-0.2, -0.15) is 0 Å². The minimum absolute atomic E-state index is 1.37. The van der Waals surface area contributed by atoms with Crippen molar-refractivity contribution >= 4 is 27.0 Å². The fraction of sp³-hybridized carbons (Fsp3) is 0.500. The monoisotopic (exact) mass is 254 g/mol. The van der Waals surface area contributed by atoms with Crippen molar-refractivity contribution in [2.75, 3.05) is 14.2 Å². The summed E-state index contributed by atoms with van der Waals surface area (Å²) in [6.07, 6.45) is 0. The van der Waals surface area contributed by atoms with Gasteiger partial charge in [-0.15, -0.1) is 0 Å². The van der Waals surface area contributed by atoms with Crippen molar-refractivity contribution in [3.63, 3.8) is 0 Å². The Morgan fingerprint density at radius 3 is 1.31 bits per heavy atom. The van der Waals surface area contributed by atoms with Gasteiger partial charge in [0.1, 0.15) is 0 Å². The van der Waals surface area contributed by atoms with Crippen LogP contribution in [0.3, 0.4) is 0 Å². The molecule has 0 aliphatic heterocycles. The Kier molecular flexibility index (Phi) is 4.12. The van der Waals surface area contributed by atoms with Crippen LogP contribution < -0.4 is 10.4 Å². The zero-order chi connectivity index (χ0) is 12.4. The molecule has 1 rings (SSSR count). The second-order valence-corrected chi connectivity index (χ2v) is 12.9. The average Bonchev–Trinajstić information content (AvgIpc) is 2.29. The third-order valence-electron chi connectivity index (χ3n) is 3.24. The van der Waals surface area contributed by atoms with Gasteiger partial charge in [0.05, 0.1) is 0 Å². The lowest BCUT2D eigenvalue weighted by Crippen LogP contribution is -2.60. The van der Waals surface area contributed by atoms with Crippen LogP contribution in [0.4, 0.5) is 0 Å². The van der Waals surface area contributed by atoms with Crippen LogP contribution in [0, 0.1) is 0 Å². The van der Waals surface area contributed by atoms with E-state index in [1.807, 2.05) is 14.2 Å². The van der Waals surface area contributed by atoms with Gasteiger partial charge in [0.15, 0.2) is 0 Å². The summed E-state index contributed by atoms with van der Waals surface area (Å²) in [5.41, 5.74) is 0. The Morgan fingerprint density at radius 2 is 1.06 bits per heavy atom. The van der Waals surface area contributed by atoms with E-state index in [9.17, 15) is 0 Å². The first-order chi connectivity index (χ1) is 7.35. The van der Waals surface area contributed by atoms with Gasteiger partial charge in [0.2, 0.25) is 16.6 Å². The standard InChI is InChI=1S/C12H22O2Si2/c1-13-15(3,4)11-9-7-8-10-12(11)16(5,6)14-2/h7-10H,1-6H3. The summed E-state index contributed by atoms with van der Waals surface area (Å²) in [7, 11) is 0.0812. The summed E-state index contributed by atoms with van der Waals surface area (Å²) in [5, 5.41) is 2.74. The first kappa shape index (κ1) is 13.6. The predicted octanol–water partition coefficient (Wildman–Crippen LogP) is 1.80. The lowest BCUT2D eigenvalue weighted by molar-refractivity contribution is 0.412. The highest BCUT2D eigenvalue weighted by molar-refractivity contribution is 6.94. The van der Waals surface area contributed by atoms with Gasteiger partial charge in [0.25, 0.3) is 0 Å². The molecule has 90 valence electrons. The van der Waals surface area contributed by atoms with Gasteiger partial charge in [-0.25, -0.2) is 0 Å². The average molecular weight is 254 g/mol. The van der Waals surface area contributed by atoms with E-state index in [0.29, 0.717) is 0 Å². The van der Waals surface area contributed by atoms with E-state index in [0.717, 1.165) is 0 Å². The van der Waals surface area contributed by atoms with Crippen LogP contribution in [0.1, 0.15) is 0 Å². The number of hydrogen-bond donors (Lipinski definition) is 0. The molecule has 0 atom stereocenters. The molecule has 0 bridgehead atoms. The molecule has 0 saturated carbocycles. The van der Waals surface area contributed by atoms with E-state index in [-0.39, 0.29) is 0 Å². The molecule has 0 fully saturated rings. The normalized spacial score (nSPS) is 12.9. The van der Waals surface area contributed by atoms with Crippen LogP contribution in [0.5, 0.6) is 0 Å². The second kappa shape index (κ2) is 4.83. The highest BCUT2D eigenvalue weighted by atomic mass is 28.4. The smallest absolute Gasteiger partial charge is 0.217 e. The maximum absolute atomic E-state index is 5.71. The van der Waals surface area contributed by atoms with Gasteiger partial charge < -0.3 is 8.85 Å². The van der Waals surface area contributed by atoms with Crippen LogP contribution in [-0.4, -0.2) is 30.9 Å². The Balaban J connectivity index is 3.31. The van der Waals surface area contributed by atoms with Crippen molar-refractivity contribution in [3.05, 3.63) is 24.3 Å². The first-order valence-electron chi connectivity index (χ1n) is 5.55. The molecule has 0 aromatic heterocycles. The minimum atomic E-state index is -1.77. The summed E-state index contributed by atoms with van der Waals surface area (Å²) in [4.78, 5) is 0. The maximum atomic E-state index is 5.71. The highest BCUT2D eigenvalue weighted by Crippen LogP contribution is 2.08. The van der Waals surface area contributed by atoms with Gasteiger partial charge in [-0.1, -0.05) is 24.3 Å². The van der Waals surface area contributed by atoms with E-state index in [1.54, 1.807) is 0 Å². The molecule has 0 radical (unpaired) electrons. The Labute approximate surface area is 101 Å². The number of hydrogen-bond acceptors (Lipinski definition) is 2. The summed E-state index contributed by atoms with van der Waals surface area (Å²) in [6.45, 7) is 8.91. The molecular formula is C12H22O2Si2. The number of rotatable bonds is 4. The van der Waals surface area contributed by atoms with Crippen molar-refractivity contribution in [3.8, 4) is 0 Å². The Morgan fingerprint density at radius 1 is 0.750 bits per heavy atom. The molecule has 1 aromatic carbocycles. The van der Waals surface area contributed by atoms with Crippen molar-refractivity contribution in [2.45, 2.75) is 26.2 Å². The summed E-state index contributed by atoms with van der Waals surface area (Å²) in [6, 6.07) is 8.57. The maximum Gasteiger partial charge on any atom is 0.217 e. The van der Waals surface area contributed by atoms with Crippen molar-refractivity contribution in [2.24, 2.45) is 0 Å². The molecule has 1 aromatic rings. The lowest BCUT2D eigenvalue weighted by atomic mass is 10.4. The molecule has 0 aliphatic rings. The minimum Gasteiger partial charge on any atom is -0.416 e. The first-order valence-corrected chi connectivity index (χ1v) is 11.4. The SMILES string of the molecule is CO[Si](C)(C)c1ccccc1[Si](C)(C)OC. The molecule has 0 amide bonds. The Bertz CT molecular complexity index is 327. The molecule has 0 unspecified atom stereocenters. The molecule has 2 nitrogen and oxygen atoms in total. The quantitative estimate of drug-likeness (QED) is 0.763. The molecule has 0 spiro atoms. The highest BCUT2D eigenvalue weighted by Gasteiger charge is 2.34. The van der Waals surface area contributed by atoms with Crippen LogP contribution in [0.2, 0.25) is 26.2 Å². The van der Waals surface area contributed by atoms with Crippen LogP contribution in [0.25, 0.3) is 0 Å².